The van der Waals surface area contributed by atoms with Crippen molar-refractivity contribution in [3.63, 3.8) is 0 Å². The first-order chi connectivity index (χ1) is 15.4. The van der Waals surface area contributed by atoms with Crippen LogP contribution in [0.1, 0.15) is 37.8 Å². The molecule has 3 aromatic rings. The normalized spacial score (nSPS) is 12.8. The number of carbonyl (C=O) groups is 2. The minimum Gasteiger partial charge on any atom is -0.481 e. The molecule has 168 valence electrons. The molecule has 1 heterocycles. The van der Waals surface area contributed by atoms with Crippen LogP contribution in [0.15, 0.2) is 63.8 Å². The van der Waals surface area contributed by atoms with Gasteiger partial charge < -0.3 is 19.6 Å². The smallest absolute Gasteiger partial charge is 0.336 e. The molecule has 3 rings (SSSR count). The molecule has 0 bridgehead atoms. The summed E-state index contributed by atoms with van der Waals surface area (Å²) in [7, 11) is 0. The van der Waals surface area contributed by atoms with Gasteiger partial charge in [-0.15, -0.1) is 0 Å². The zero-order valence-corrected chi connectivity index (χ0v) is 18.2. The molecule has 0 aliphatic rings. The number of carboxylic acid groups (broad SMARTS) is 1. The van der Waals surface area contributed by atoms with Gasteiger partial charge in [0.15, 0.2) is 6.10 Å². The number of amides is 1. The first-order valence-corrected chi connectivity index (χ1v) is 10.7. The number of carboxylic acids is 1. The van der Waals surface area contributed by atoms with Crippen molar-refractivity contribution in [3.8, 4) is 5.75 Å². The summed E-state index contributed by atoms with van der Waals surface area (Å²) in [5.41, 5.74) is 1.68. The first-order valence-electron chi connectivity index (χ1n) is 10.7. The number of hydrogen-bond donors (Lipinski definition) is 2. The fraction of sp³-hybridized carbons (Fsp3) is 0.320. The molecule has 2 N–H and O–H groups in total. The Morgan fingerprint density at radius 3 is 2.56 bits per heavy atom. The molecule has 2 atom stereocenters. The molecule has 7 heteroatoms. The molecule has 1 amide bonds. The van der Waals surface area contributed by atoms with Gasteiger partial charge in [0, 0.05) is 23.9 Å². The molecule has 0 spiro atoms. The van der Waals surface area contributed by atoms with Gasteiger partial charge in [-0.2, -0.15) is 0 Å². The molecule has 32 heavy (non-hydrogen) atoms. The van der Waals surface area contributed by atoms with Crippen LogP contribution in [0.3, 0.4) is 0 Å². The van der Waals surface area contributed by atoms with Gasteiger partial charge in [-0.3, -0.25) is 4.79 Å². The number of nitrogens with one attached hydrogen (secondary N) is 1. The van der Waals surface area contributed by atoms with Crippen molar-refractivity contribution in [1.82, 2.24) is 5.32 Å². The summed E-state index contributed by atoms with van der Waals surface area (Å²) in [5.74, 6) is -1.32. The van der Waals surface area contributed by atoms with Crippen LogP contribution in [0.4, 0.5) is 0 Å². The van der Waals surface area contributed by atoms with Crippen LogP contribution >= 0.6 is 0 Å². The summed E-state index contributed by atoms with van der Waals surface area (Å²) in [4.78, 5) is 36.1. The zero-order valence-electron chi connectivity index (χ0n) is 18.2. The lowest BCUT2D eigenvalue weighted by Gasteiger charge is -2.19. The van der Waals surface area contributed by atoms with Gasteiger partial charge in [-0.25, -0.2) is 9.59 Å². The third-order valence-corrected chi connectivity index (χ3v) is 5.18. The number of benzene rings is 2. The Morgan fingerprint density at radius 1 is 1.12 bits per heavy atom. The van der Waals surface area contributed by atoms with Crippen LogP contribution in [0.5, 0.6) is 5.75 Å². The Balaban J connectivity index is 1.71. The van der Waals surface area contributed by atoms with Crippen molar-refractivity contribution in [2.75, 3.05) is 0 Å². The number of ether oxygens (including phenoxy) is 1. The minimum absolute atomic E-state index is 0.163. The molecular weight excluding hydrogens is 410 g/mol. The number of hydrogen-bond acceptors (Lipinski definition) is 5. The standard InChI is InChI=1S/C25H27NO6/c1-3-4-10-18-14-23(27)32-22-15-19(11-12-20(18)22)31-16(2)24(28)26-21(25(29)30)13-17-8-6-5-7-9-17/h5-9,11-12,14-16,21H,3-4,10,13H2,1-2H3,(H,26,28)(H,29,30). The molecule has 1 aromatic heterocycles. The van der Waals surface area contributed by atoms with E-state index in [4.69, 9.17) is 9.15 Å². The lowest BCUT2D eigenvalue weighted by molar-refractivity contribution is -0.142. The number of aliphatic carboxylic acids is 1. The minimum atomic E-state index is -1.12. The molecule has 0 radical (unpaired) electrons. The maximum Gasteiger partial charge on any atom is 0.336 e. The highest BCUT2D eigenvalue weighted by Crippen LogP contribution is 2.24. The second-order valence-electron chi connectivity index (χ2n) is 7.70. The Bertz CT molecular complexity index is 1140. The SMILES string of the molecule is CCCCc1cc(=O)oc2cc(OC(C)C(=O)NC(Cc3ccccc3)C(=O)O)ccc12. The average Bonchev–Trinajstić information content (AvgIpc) is 2.77. The average molecular weight is 437 g/mol. The van der Waals surface area contributed by atoms with Crippen molar-refractivity contribution in [2.45, 2.75) is 51.7 Å². The van der Waals surface area contributed by atoms with Crippen molar-refractivity contribution in [1.29, 1.82) is 0 Å². The van der Waals surface area contributed by atoms with E-state index in [1.54, 1.807) is 30.3 Å². The van der Waals surface area contributed by atoms with E-state index in [1.165, 1.54) is 13.0 Å². The molecule has 0 aliphatic carbocycles. The molecular formula is C25H27NO6. The number of carbonyl (C=O) groups excluding carboxylic acids is 1. The van der Waals surface area contributed by atoms with E-state index in [0.29, 0.717) is 11.3 Å². The summed E-state index contributed by atoms with van der Waals surface area (Å²) in [6.07, 6.45) is 1.96. The highest BCUT2D eigenvalue weighted by Gasteiger charge is 2.24. The Hall–Kier alpha value is -3.61. The van der Waals surface area contributed by atoms with Crippen molar-refractivity contribution in [3.05, 3.63) is 76.1 Å². The lowest BCUT2D eigenvalue weighted by atomic mass is 10.0. The Labute approximate surface area is 186 Å². The topological polar surface area (TPSA) is 106 Å². The van der Waals surface area contributed by atoms with E-state index in [9.17, 15) is 19.5 Å². The predicted molar refractivity (Wildman–Crippen MR) is 121 cm³/mol. The maximum absolute atomic E-state index is 12.6. The van der Waals surface area contributed by atoms with E-state index in [2.05, 4.69) is 12.2 Å². The number of rotatable bonds is 10. The lowest BCUT2D eigenvalue weighted by Crippen LogP contribution is -2.47. The maximum atomic E-state index is 12.6. The van der Waals surface area contributed by atoms with E-state index >= 15 is 0 Å². The van der Waals surface area contributed by atoms with E-state index < -0.39 is 29.6 Å². The fourth-order valence-corrected chi connectivity index (χ4v) is 3.45. The highest BCUT2D eigenvalue weighted by atomic mass is 16.5. The quantitative estimate of drug-likeness (QED) is 0.469. The van der Waals surface area contributed by atoms with Gasteiger partial charge in [-0.1, -0.05) is 43.7 Å². The third-order valence-electron chi connectivity index (χ3n) is 5.18. The van der Waals surface area contributed by atoms with Gasteiger partial charge >= 0.3 is 11.6 Å². The van der Waals surface area contributed by atoms with Crippen LogP contribution < -0.4 is 15.7 Å². The summed E-state index contributed by atoms with van der Waals surface area (Å²) >= 11 is 0. The number of fused-ring (bicyclic) bond motifs is 1. The first kappa shape index (κ1) is 23.1. The van der Waals surface area contributed by atoms with E-state index in [1.807, 2.05) is 18.2 Å². The predicted octanol–water partition coefficient (Wildman–Crippen LogP) is 3.72. The van der Waals surface area contributed by atoms with Gasteiger partial charge in [0.2, 0.25) is 0 Å². The van der Waals surface area contributed by atoms with E-state index in [-0.39, 0.29) is 6.42 Å². The molecule has 0 saturated heterocycles. The monoisotopic (exact) mass is 437 g/mol. The van der Waals surface area contributed by atoms with Crippen LogP contribution in [-0.2, 0) is 22.4 Å². The van der Waals surface area contributed by atoms with Crippen LogP contribution in [0, 0.1) is 0 Å². The summed E-state index contributed by atoms with van der Waals surface area (Å²) in [6, 6.07) is 14.6. The molecule has 0 fully saturated rings. The summed E-state index contributed by atoms with van der Waals surface area (Å²) in [6.45, 7) is 3.62. The number of aryl methyl sites for hydroxylation is 1. The Morgan fingerprint density at radius 2 is 1.88 bits per heavy atom. The second kappa shape index (κ2) is 10.6. The van der Waals surface area contributed by atoms with Gasteiger partial charge in [0.05, 0.1) is 0 Å². The van der Waals surface area contributed by atoms with Crippen molar-refractivity contribution < 1.29 is 23.8 Å². The van der Waals surface area contributed by atoms with Crippen LogP contribution in [0.2, 0.25) is 0 Å². The molecule has 0 saturated carbocycles. The Kier molecular flexibility index (Phi) is 7.65. The van der Waals surface area contributed by atoms with Gasteiger partial charge in [0.25, 0.3) is 5.91 Å². The molecule has 2 aromatic carbocycles. The molecule has 2 unspecified atom stereocenters. The van der Waals surface area contributed by atoms with Crippen molar-refractivity contribution >= 4 is 22.8 Å². The summed E-state index contributed by atoms with van der Waals surface area (Å²) in [5, 5.41) is 12.8. The highest BCUT2D eigenvalue weighted by molar-refractivity contribution is 5.87. The fourth-order valence-electron chi connectivity index (χ4n) is 3.45. The zero-order chi connectivity index (χ0) is 23.1. The summed E-state index contributed by atoms with van der Waals surface area (Å²) < 4.78 is 11.0. The van der Waals surface area contributed by atoms with Crippen LogP contribution in [0.25, 0.3) is 11.0 Å². The van der Waals surface area contributed by atoms with E-state index in [0.717, 1.165) is 35.8 Å². The molecule has 7 nitrogen and oxygen atoms in total. The van der Waals surface area contributed by atoms with Gasteiger partial charge in [0.1, 0.15) is 17.4 Å². The third kappa shape index (κ3) is 5.97. The molecule has 0 aliphatic heterocycles. The number of unbranched alkanes of at least 4 members (excludes halogenated alkanes) is 1. The largest absolute Gasteiger partial charge is 0.481 e. The van der Waals surface area contributed by atoms with Gasteiger partial charge in [-0.05, 0) is 43.0 Å². The van der Waals surface area contributed by atoms with Crippen LogP contribution in [-0.4, -0.2) is 29.1 Å². The van der Waals surface area contributed by atoms with Crippen molar-refractivity contribution in [2.24, 2.45) is 0 Å². The second-order valence-corrected chi connectivity index (χ2v) is 7.70.